The molecule has 1 aromatic heterocycles. The molecule has 0 fully saturated rings. The molecule has 0 unspecified atom stereocenters. The van der Waals surface area contributed by atoms with Gasteiger partial charge < -0.3 is 15.5 Å². The molecule has 3 heteroatoms. The highest BCUT2D eigenvalue weighted by Crippen LogP contribution is 2.30. The normalized spacial score (nSPS) is 15.4. The van der Waals surface area contributed by atoms with Crippen LogP contribution in [-0.4, -0.2) is 18.1 Å². The van der Waals surface area contributed by atoms with E-state index in [9.17, 15) is 0 Å². The van der Waals surface area contributed by atoms with Gasteiger partial charge in [-0.25, -0.2) is 0 Å². The molecule has 0 aliphatic heterocycles. The second kappa shape index (κ2) is 5.02. The number of nitrogens with two attached hydrogens (primary N) is 1. The van der Waals surface area contributed by atoms with Crippen molar-refractivity contribution in [3.8, 4) is 5.75 Å². The van der Waals surface area contributed by atoms with Crippen molar-refractivity contribution in [2.24, 2.45) is 5.73 Å². The molecule has 0 saturated heterocycles. The Balaban J connectivity index is 2.00. The van der Waals surface area contributed by atoms with Crippen molar-refractivity contribution in [2.45, 2.75) is 32.1 Å². The van der Waals surface area contributed by atoms with E-state index >= 15 is 0 Å². The minimum atomic E-state index is 0.559. The average molecular weight is 244 g/mol. The maximum Gasteiger partial charge on any atom is 0.120 e. The summed E-state index contributed by atoms with van der Waals surface area (Å²) < 4.78 is 5.62. The van der Waals surface area contributed by atoms with Crippen molar-refractivity contribution >= 4 is 10.9 Å². The standard InChI is InChI=1S/C15H20N2O/c16-8-9-18-11-6-7-15-13(10-11)12-4-2-1-3-5-14(12)17-15/h6-7,10,17H,1-5,8-9,16H2. The van der Waals surface area contributed by atoms with Crippen LogP contribution >= 0.6 is 0 Å². The Labute approximate surface area is 107 Å². The molecule has 1 heterocycles. The molecular weight excluding hydrogens is 224 g/mol. The summed E-state index contributed by atoms with van der Waals surface area (Å²) in [5.41, 5.74) is 9.64. The summed E-state index contributed by atoms with van der Waals surface area (Å²) in [6.45, 7) is 1.14. The Morgan fingerprint density at radius 2 is 2.06 bits per heavy atom. The minimum absolute atomic E-state index is 0.559. The topological polar surface area (TPSA) is 51.0 Å². The van der Waals surface area contributed by atoms with Crippen molar-refractivity contribution in [3.63, 3.8) is 0 Å². The quantitative estimate of drug-likeness (QED) is 0.816. The summed E-state index contributed by atoms with van der Waals surface area (Å²) in [7, 11) is 0. The molecule has 0 radical (unpaired) electrons. The van der Waals surface area contributed by atoms with Crippen LogP contribution in [0.3, 0.4) is 0 Å². The lowest BCUT2D eigenvalue weighted by atomic mass is 10.1. The van der Waals surface area contributed by atoms with E-state index in [2.05, 4.69) is 17.1 Å². The molecular formula is C15H20N2O. The number of ether oxygens (including phenoxy) is 1. The molecule has 2 aromatic rings. The molecule has 18 heavy (non-hydrogen) atoms. The number of benzene rings is 1. The predicted molar refractivity (Wildman–Crippen MR) is 74.1 cm³/mol. The highest BCUT2D eigenvalue weighted by Gasteiger charge is 2.14. The first-order valence-electron chi connectivity index (χ1n) is 6.85. The monoisotopic (exact) mass is 244 g/mol. The second-order valence-corrected chi connectivity index (χ2v) is 4.99. The van der Waals surface area contributed by atoms with Gasteiger partial charge in [-0.3, -0.25) is 0 Å². The van der Waals surface area contributed by atoms with Gasteiger partial charge >= 0.3 is 0 Å². The second-order valence-electron chi connectivity index (χ2n) is 4.99. The van der Waals surface area contributed by atoms with Crippen LogP contribution in [0, 0.1) is 0 Å². The highest BCUT2D eigenvalue weighted by molar-refractivity contribution is 5.86. The van der Waals surface area contributed by atoms with Crippen LogP contribution in [0.2, 0.25) is 0 Å². The first-order valence-corrected chi connectivity index (χ1v) is 6.85. The molecule has 96 valence electrons. The van der Waals surface area contributed by atoms with Crippen LogP contribution < -0.4 is 10.5 Å². The highest BCUT2D eigenvalue weighted by atomic mass is 16.5. The van der Waals surface area contributed by atoms with Gasteiger partial charge in [0.1, 0.15) is 12.4 Å². The predicted octanol–water partition coefficient (Wildman–Crippen LogP) is 2.77. The van der Waals surface area contributed by atoms with E-state index in [0.29, 0.717) is 13.2 Å². The largest absolute Gasteiger partial charge is 0.492 e. The van der Waals surface area contributed by atoms with Crippen LogP contribution in [0.5, 0.6) is 5.75 Å². The zero-order valence-electron chi connectivity index (χ0n) is 10.7. The summed E-state index contributed by atoms with van der Waals surface area (Å²) in [4.78, 5) is 3.56. The summed E-state index contributed by atoms with van der Waals surface area (Å²) >= 11 is 0. The molecule has 0 bridgehead atoms. The lowest BCUT2D eigenvalue weighted by Crippen LogP contribution is -2.10. The maximum atomic E-state index is 5.62. The molecule has 0 atom stereocenters. The van der Waals surface area contributed by atoms with Gasteiger partial charge in [-0.1, -0.05) is 6.42 Å². The van der Waals surface area contributed by atoms with Gasteiger partial charge in [0.2, 0.25) is 0 Å². The Kier molecular flexibility index (Phi) is 3.24. The first-order chi connectivity index (χ1) is 8.88. The van der Waals surface area contributed by atoms with E-state index in [1.165, 1.54) is 54.3 Å². The van der Waals surface area contributed by atoms with Crippen molar-refractivity contribution < 1.29 is 4.74 Å². The van der Waals surface area contributed by atoms with Gasteiger partial charge in [0.25, 0.3) is 0 Å². The molecule has 0 amide bonds. The summed E-state index contributed by atoms with van der Waals surface area (Å²) in [5.74, 6) is 0.930. The van der Waals surface area contributed by atoms with Gasteiger partial charge in [-0.05, 0) is 49.4 Å². The van der Waals surface area contributed by atoms with Crippen molar-refractivity contribution in [3.05, 3.63) is 29.5 Å². The number of hydrogen-bond donors (Lipinski definition) is 2. The Morgan fingerprint density at radius 3 is 2.94 bits per heavy atom. The minimum Gasteiger partial charge on any atom is -0.492 e. The third kappa shape index (κ3) is 2.10. The van der Waals surface area contributed by atoms with E-state index in [-0.39, 0.29) is 0 Å². The lowest BCUT2D eigenvalue weighted by Gasteiger charge is -2.05. The summed E-state index contributed by atoms with van der Waals surface area (Å²) in [6, 6.07) is 6.30. The SMILES string of the molecule is NCCOc1ccc2[nH]c3c(c2c1)CCCCC3. The molecule has 1 aliphatic carbocycles. The van der Waals surface area contributed by atoms with E-state index < -0.39 is 0 Å². The molecule has 3 rings (SSSR count). The zero-order chi connectivity index (χ0) is 12.4. The lowest BCUT2D eigenvalue weighted by molar-refractivity contribution is 0.329. The van der Waals surface area contributed by atoms with Crippen LogP contribution in [-0.2, 0) is 12.8 Å². The number of H-pyrrole nitrogens is 1. The third-order valence-electron chi connectivity index (χ3n) is 3.71. The molecule has 3 nitrogen and oxygen atoms in total. The number of aryl methyl sites for hydroxylation is 2. The van der Waals surface area contributed by atoms with Gasteiger partial charge in [0.15, 0.2) is 0 Å². The summed E-state index contributed by atoms with van der Waals surface area (Å²) in [6.07, 6.45) is 6.32. The molecule has 1 aromatic carbocycles. The van der Waals surface area contributed by atoms with Crippen LogP contribution in [0.25, 0.3) is 10.9 Å². The van der Waals surface area contributed by atoms with Gasteiger partial charge in [-0.2, -0.15) is 0 Å². The first kappa shape index (κ1) is 11.6. The molecule has 1 aliphatic rings. The molecule has 0 spiro atoms. The van der Waals surface area contributed by atoms with E-state index in [1.54, 1.807) is 0 Å². The zero-order valence-corrected chi connectivity index (χ0v) is 10.7. The summed E-state index contributed by atoms with van der Waals surface area (Å²) in [5, 5.41) is 1.33. The fraction of sp³-hybridized carbons (Fsp3) is 0.467. The van der Waals surface area contributed by atoms with Crippen LogP contribution in [0.4, 0.5) is 0 Å². The van der Waals surface area contributed by atoms with Crippen molar-refractivity contribution in [1.82, 2.24) is 4.98 Å². The average Bonchev–Trinajstić information content (AvgIpc) is 2.58. The Morgan fingerprint density at radius 1 is 1.17 bits per heavy atom. The smallest absolute Gasteiger partial charge is 0.120 e. The fourth-order valence-corrected chi connectivity index (χ4v) is 2.83. The third-order valence-corrected chi connectivity index (χ3v) is 3.71. The number of rotatable bonds is 3. The van der Waals surface area contributed by atoms with E-state index in [4.69, 9.17) is 10.5 Å². The molecule has 0 saturated carbocycles. The van der Waals surface area contributed by atoms with Gasteiger partial charge in [0, 0.05) is 23.1 Å². The molecule has 3 N–H and O–H groups in total. The van der Waals surface area contributed by atoms with Crippen LogP contribution in [0.1, 0.15) is 30.5 Å². The number of aromatic amines is 1. The van der Waals surface area contributed by atoms with Crippen molar-refractivity contribution in [2.75, 3.05) is 13.2 Å². The van der Waals surface area contributed by atoms with Crippen molar-refractivity contribution in [1.29, 1.82) is 0 Å². The number of aromatic nitrogens is 1. The van der Waals surface area contributed by atoms with Crippen LogP contribution in [0.15, 0.2) is 18.2 Å². The number of nitrogens with one attached hydrogen (secondary N) is 1. The maximum absolute atomic E-state index is 5.62. The Bertz CT molecular complexity index is 545. The fourth-order valence-electron chi connectivity index (χ4n) is 2.83. The van der Waals surface area contributed by atoms with Gasteiger partial charge in [0.05, 0.1) is 0 Å². The van der Waals surface area contributed by atoms with Gasteiger partial charge in [-0.15, -0.1) is 0 Å². The number of fused-ring (bicyclic) bond motifs is 3. The Hall–Kier alpha value is -1.48. The van der Waals surface area contributed by atoms with E-state index in [1.807, 2.05) is 6.07 Å². The number of hydrogen-bond acceptors (Lipinski definition) is 2. The van der Waals surface area contributed by atoms with E-state index in [0.717, 1.165) is 5.75 Å².